The largest absolute Gasteiger partial charge is 0.378 e. The molecule has 0 bridgehead atoms. The van der Waals surface area contributed by atoms with Crippen molar-refractivity contribution in [2.24, 2.45) is 0 Å². The van der Waals surface area contributed by atoms with Gasteiger partial charge in [-0.05, 0) is 30.7 Å². The van der Waals surface area contributed by atoms with Gasteiger partial charge in [0.25, 0.3) is 0 Å². The number of hydrogen-bond acceptors (Lipinski definition) is 5. The number of hydrogen-bond donors (Lipinski definition) is 2. The molecule has 1 aromatic carbocycles. The zero-order valence-corrected chi connectivity index (χ0v) is 12.4. The average Bonchev–Trinajstić information content (AvgIpc) is 2.47. The lowest BCUT2D eigenvalue weighted by Gasteiger charge is -2.15. The number of benzene rings is 1. The first-order valence-corrected chi connectivity index (χ1v) is 6.71. The van der Waals surface area contributed by atoms with Crippen LogP contribution >= 0.6 is 0 Å². The third kappa shape index (κ3) is 2.99. The Morgan fingerprint density at radius 2 is 1.70 bits per heavy atom. The van der Waals surface area contributed by atoms with Crippen molar-refractivity contribution in [3.63, 3.8) is 0 Å². The average molecular weight is 271 g/mol. The first-order chi connectivity index (χ1) is 9.65. The highest BCUT2D eigenvalue weighted by Crippen LogP contribution is 2.24. The molecule has 0 radical (unpaired) electrons. The van der Waals surface area contributed by atoms with Crippen LogP contribution in [-0.4, -0.2) is 31.1 Å². The van der Waals surface area contributed by atoms with Crippen LogP contribution < -0.4 is 15.5 Å². The van der Waals surface area contributed by atoms with Crippen LogP contribution in [0.5, 0.6) is 0 Å². The monoisotopic (exact) mass is 271 g/mol. The van der Waals surface area contributed by atoms with Crippen LogP contribution in [-0.2, 0) is 6.42 Å². The summed E-state index contributed by atoms with van der Waals surface area (Å²) in [5.74, 6) is 1.72. The molecule has 106 valence electrons. The summed E-state index contributed by atoms with van der Waals surface area (Å²) in [7, 11) is 5.93. The summed E-state index contributed by atoms with van der Waals surface area (Å²) in [6.07, 6.45) is 2.44. The van der Waals surface area contributed by atoms with E-state index in [4.69, 9.17) is 0 Å². The van der Waals surface area contributed by atoms with Crippen molar-refractivity contribution < 1.29 is 0 Å². The maximum absolute atomic E-state index is 4.34. The summed E-state index contributed by atoms with van der Waals surface area (Å²) >= 11 is 0. The van der Waals surface area contributed by atoms with Gasteiger partial charge in [-0.15, -0.1) is 0 Å². The molecule has 0 atom stereocenters. The Morgan fingerprint density at radius 1 is 1.05 bits per heavy atom. The smallest absolute Gasteiger partial charge is 0.139 e. The molecule has 0 saturated heterocycles. The lowest BCUT2D eigenvalue weighted by atomic mass is 10.2. The molecule has 0 aliphatic heterocycles. The van der Waals surface area contributed by atoms with Crippen molar-refractivity contribution in [3.05, 3.63) is 36.2 Å². The van der Waals surface area contributed by atoms with Crippen LogP contribution in [0.15, 0.2) is 30.6 Å². The van der Waals surface area contributed by atoms with Gasteiger partial charge < -0.3 is 15.5 Å². The molecule has 0 amide bonds. The molecule has 2 aromatic rings. The van der Waals surface area contributed by atoms with Gasteiger partial charge in [0.2, 0.25) is 0 Å². The van der Waals surface area contributed by atoms with Crippen molar-refractivity contribution >= 4 is 23.0 Å². The standard InChI is InChI=1S/C15H21N5/c1-5-13-14(16-2)17-10-18-15(13)19-11-6-8-12(9-7-11)20(3)4/h6-10H,5H2,1-4H3,(H2,16,17,18,19). The summed E-state index contributed by atoms with van der Waals surface area (Å²) in [5.41, 5.74) is 3.28. The number of anilines is 4. The molecule has 0 fully saturated rings. The maximum atomic E-state index is 4.34. The Hall–Kier alpha value is -2.30. The maximum Gasteiger partial charge on any atom is 0.139 e. The molecular formula is C15H21N5. The zero-order valence-electron chi connectivity index (χ0n) is 12.4. The van der Waals surface area contributed by atoms with Crippen LogP contribution in [0.1, 0.15) is 12.5 Å². The molecule has 0 unspecified atom stereocenters. The molecule has 2 N–H and O–H groups in total. The van der Waals surface area contributed by atoms with Crippen LogP contribution in [0, 0.1) is 0 Å². The number of nitrogens with zero attached hydrogens (tertiary/aromatic N) is 3. The van der Waals surface area contributed by atoms with Crippen molar-refractivity contribution in [1.82, 2.24) is 9.97 Å². The second-order valence-corrected chi connectivity index (χ2v) is 4.72. The van der Waals surface area contributed by atoms with Gasteiger partial charge in [-0.3, -0.25) is 0 Å². The van der Waals surface area contributed by atoms with E-state index in [9.17, 15) is 0 Å². The first kappa shape index (κ1) is 14.1. The van der Waals surface area contributed by atoms with E-state index in [-0.39, 0.29) is 0 Å². The van der Waals surface area contributed by atoms with E-state index in [1.54, 1.807) is 6.33 Å². The van der Waals surface area contributed by atoms with E-state index in [2.05, 4.69) is 56.7 Å². The predicted octanol–water partition coefficient (Wildman–Crippen LogP) is 2.89. The van der Waals surface area contributed by atoms with Gasteiger partial charge in [0.1, 0.15) is 18.0 Å². The molecular weight excluding hydrogens is 250 g/mol. The normalized spacial score (nSPS) is 10.2. The highest BCUT2D eigenvalue weighted by molar-refractivity contribution is 5.66. The Bertz CT molecular complexity index is 563. The van der Waals surface area contributed by atoms with Crippen LogP contribution in [0.4, 0.5) is 23.0 Å². The third-order valence-corrected chi connectivity index (χ3v) is 3.18. The van der Waals surface area contributed by atoms with Gasteiger partial charge in [-0.25, -0.2) is 9.97 Å². The molecule has 1 heterocycles. The zero-order chi connectivity index (χ0) is 14.5. The Morgan fingerprint density at radius 3 is 2.25 bits per heavy atom. The van der Waals surface area contributed by atoms with Crippen LogP contribution in [0.3, 0.4) is 0 Å². The second-order valence-electron chi connectivity index (χ2n) is 4.72. The number of rotatable bonds is 5. The van der Waals surface area contributed by atoms with Gasteiger partial charge in [0, 0.05) is 38.1 Å². The quantitative estimate of drug-likeness (QED) is 0.875. The Labute approximate surface area is 120 Å². The summed E-state index contributed by atoms with van der Waals surface area (Å²) in [6.45, 7) is 2.10. The molecule has 5 heteroatoms. The molecule has 1 aromatic heterocycles. The Balaban J connectivity index is 2.25. The van der Waals surface area contributed by atoms with E-state index in [0.717, 1.165) is 29.3 Å². The summed E-state index contributed by atoms with van der Waals surface area (Å²) in [6, 6.07) is 8.26. The number of nitrogens with one attached hydrogen (secondary N) is 2. The third-order valence-electron chi connectivity index (χ3n) is 3.18. The van der Waals surface area contributed by atoms with Crippen molar-refractivity contribution in [2.45, 2.75) is 13.3 Å². The topological polar surface area (TPSA) is 53.1 Å². The summed E-state index contributed by atoms with van der Waals surface area (Å²) in [5, 5.41) is 6.45. The van der Waals surface area contributed by atoms with Crippen molar-refractivity contribution in [1.29, 1.82) is 0 Å². The highest BCUT2D eigenvalue weighted by atomic mass is 15.1. The van der Waals surface area contributed by atoms with E-state index in [1.165, 1.54) is 5.69 Å². The molecule has 0 aliphatic carbocycles. The lowest BCUT2D eigenvalue weighted by Crippen LogP contribution is -2.08. The van der Waals surface area contributed by atoms with Gasteiger partial charge >= 0.3 is 0 Å². The van der Waals surface area contributed by atoms with Gasteiger partial charge in [0.15, 0.2) is 0 Å². The Kier molecular flexibility index (Phi) is 4.40. The fraction of sp³-hybridized carbons (Fsp3) is 0.333. The van der Waals surface area contributed by atoms with Crippen molar-refractivity contribution in [2.75, 3.05) is 36.7 Å². The summed E-state index contributed by atoms with van der Waals surface area (Å²) < 4.78 is 0. The predicted molar refractivity (Wildman–Crippen MR) is 85.0 cm³/mol. The first-order valence-electron chi connectivity index (χ1n) is 6.71. The minimum atomic E-state index is 0.851. The van der Waals surface area contributed by atoms with Gasteiger partial charge in [0.05, 0.1) is 0 Å². The molecule has 0 aliphatic rings. The highest BCUT2D eigenvalue weighted by Gasteiger charge is 2.08. The molecule has 0 saturated carbocycles. The minimum absolute atomic E-state index is 0.851. The SMILES string of the molecule is CCc1c(NC)ncnc1Nc1ccc(N(C)C)cc1. The van der Waals surface area contributed by atoms with Crippen LogP contribution in [0.25, 0.3) is 0 Å². The van der Waals surface area contributed by atoms with Crippen molar-refractivity contribution in [3.8, 4) is 0 Å². The fourth-order valence-electron chi connectivity index (χ4n) is 2.05. The number of aromatic nitrogens is 2. The molecule has 20 heavy (non-hydrogen) atoms. The van der Waals surface area contributed by atoms with E-state index in [0.29, 0.717) is 0 Å². The van der Waals surface area contributed by atoms with E-state index >= 15 is 0 Å². The molecule has 0 spiro atoms. The fourth-order valence-corrected chi connectivity index (χ4v) is 2.05. The van der Waals surface area contributed by atoms with Crippen LogP contribution in [0.2, 0.25) is 0 Å². The lowest BCUT2D eigenvalue weighted by molar-refractivity contribution is 1.05. The van der Waals surface area contributed by atoms with Gasteiger partial charge in [-0.2, -0.15) is 0 Å². The van der Waals surface area contributed by atoms with Gasteiger partial charge in [-0.1, -0.05) is 6.92 Å². The molecule has 5 nitrogen and oxygen atoms in total. The summed E-state index contributed by atoms with van der Waals surface area (Å²) in [4.78, 5) is 10.7. The minimum Gasteiger partial charge on any atom is -0.378 e. The second kappa shape index (κ2) is 6.23. The van der Waals surface area contributed by atoms with E-state index in [1.807, 2.05) is 21.1 Å². The molecule has 2 rings (SSSR count). The van der Waals surface area contributed by atoms with E-state index < -0.39 is 0 Å².